The van der Waals surface area contributed by atoms with E-state index in [1.165, 1.54) is 18.2 Å². The zero-order valence-corrected chi connectivity index (χ0v) is 12.6. The molecular weight excluding hydrogens is 309 g/mol. The Labute approximate surface area is 132 Å². The fourth-order valence-electron chi connectivity index (χ4n) is 1.91. The van der Waals surface area contributed by atoms with Crippen molar-refractivity contribution in [2.75, 3.05) is 13.7 Å². The number of carbonyl (C=O) groups is 1. The van der Waals surface area contributed by atoms with Crippen molar-refractivity contribution in [1.29, 1.82) is 0 Å². The molecule has 0 aliphatic heterocycles. The molecule has 0 saturated carbocycles. The fraction of sp³-hybridized carbons (Fsp3) is 0.188. The van der Waals surface area contributed by atoms with Gasteiger partial charge in [-0.25, -0.2) is 4.39 Å². The summed E-state index contributed by atoms with van der Waals surface area (Å²) in [6.07, 6.45) is -0.887. The van der Waals surface area contributed by atoms with E-state index in [-0.39, 0.29) is 17.1 Å². The highest BCUT2D eigenvalue weighted by atomic mass is 35.5. The van der Waals surface area contributed by atoms with Crippen LogP contribution in [0.25, 0.3) is 0 Å². The van der Waals surface area contributed by atoms with Crippen LogP contribution in [0, 0.1) is 5.82 Å². The Morgan fingerprint density at radius 2 is 2.00 bits per heavy atom. The van der Waals surface area contributed by atoms with Crippen LogP contribution in [-0.4, -0.2) is 24.7 Å². The molecule has 116 valence electrons. The molecule has 0 aliphatic rings. The van der Waals surface area contributed by atoms with Crippen LogP contribution in [0.15, 0.2) is 42.5 Å². The van der Waals surface area contributed by atoms with Gasteiger partial charge < -0.3 is 15.2 Å². The van der Waals surface area contributed by atoms with Gasteiger partial charge in [-0.2, -0.15) is 0 Å². The third kappa shape index (κ3) is 3.75. The Morgan fingerprint density at radius 3 is 2.64 bits per heavy atom. The zero-order valence-electron chi connectivity index (χ0n) is 11.8. The van der Waals surface area contributed by atoms with Crippen molar-refractivity contribution in [3.8, 4) is 5.75 Å². The van der Waals surface area contributed by atoms with Crippen molar-refractivity contribution in [2.24, 2.45) is 0 Å². The number of rotatable bonds is 5. The third-order valence-corrected chi connectivity index (χ3v) is 3.54. The molecule has 0 aliphatic carbocycles. The standard InChI is InChI=1S/C16H15ClFNO3/c1-22-11-7-5-10(6-8-11)14(20)9-19-16(21)12-3-2-4-13(18)15(12)17/h2-8,14,20H,9H2,1H3,(H,19,21). The number of carbonyl (C=O) groups excluding carboxylic acids is 1. The summed E-state index contributed by atoms with van der Waals surface area (Å²) in [5, 5.41) is 12.3. The highest BCUT2D eigenvalue weighted by molar-refractivity contribution is 6.34. The molecule has 2 aromatic carbocycles. The second-order valence-corrected chi connectivity index (χ2v) is 4.98. The topological polar surface area (TPSA) is 58.6 Å². The number of aliphatic hydroxyl groups excluding tert-OH is 1. The summed E-state index contributed by atoms with van der Waals surface area (Å²) in [7, 11) is 1.55. The summed E-state index contributed by atoms with van der Waals surface area (Å²) in [6.45, 7) is -0.0159. The molecule has 0 spiro atoms. The van der Waals surface area contributed by atoms with E-state index in [1.807, 2.05) is 0 Å². The molecule has 0 fully saturated rings. The van der Waals surface area contributed by atoms with E-state index in [9.17, 15) is 14.3 Å². The number of methoxy groups -OCH3 is 1. The van der Waals surface area contributed by atoms with Crippen molar-refractivity contribution in [1.82, 2.24) is 5.32 Å². The summed E-state index contributed by atoms with van der Waals surface area (Å²) < 4.78 is 18.3. The van der Waals surface area contributed by atoms with Gasteiger partial charge in [-0.15, -0.1) is 0 Å². The SMILES string of the molecule is COc1ccc(C(O)CNC(=O)c2cccc(F)c2Cl)cc1. The van der Waals surface area contributed by atoms with Crippen LogP contribution in [0.3, 0.4) is 0 Å². The first-order valence-electron chi connectivity index (χ1n) is 6.57. The van der Waals surface area contributed by atoms with Gasteiger partial charge in [-0.1, -0.05) is 29.8 Å². The van der Waals surface area contributed by atoms with Crippen molar-refractivity contribution < 1.29 is 19.0 Å². The lowest BCUT2D eigenvalue weighted by Gasteiger charge is -2.13. The average Bonchev–Trinajstić information content (AvgIpc) is 2.55. The van der Waals surface area contributed by atoms with E-state index in [2.05, 4.69) is 5.32 Å². The quantitative estimate of drug-likeness (QED) is 0.889. The van der Waals surface area contributed by atoms with E-state index < -0.39 is 17.8 Å². The molecule has 0 heterocycles. The lowest BCUT2D eigenvalue weighted by molar-refractivity contribution is 0.0916. The molecule has 2 N–H and O–H groups in total. The van der Waals surface area contributed by atoms with E-state index in [4.69, 9.17) is 16.3 Å². The van der Waals surface area contributed by atoms with Crippen molar-refractivity contribution >= 4 is 17.5 Å². The van der Waals surface area contributed by atoms with Crippen LogP contribution in [0.4, 0.5) is 4.39 Å². The number of hydrogen-bond donors (Lipinski definition) is 2. The highest BCUT2D eigenvalue weighted by Crippen LogP contribution is 2.20. The Morgan fingerprint density at radius 1 is 1.32 bits per heavy atom. The van der Waals surface area contributed by atoms with E-state index in [0.29, 0.717) is 11.3 Å². The monoisotopic (exact) mass is 323 g/mol. The average molecular weight is 324 g/mol. The van der Waals surface area contributed by atoms with Crippen molar-refractivity contribution in [2.45, 2.75) is 6.10 Å². The maximum atomic E-state index is 13.3. The molecule has 0 saturated heterocycles. The molecule has 1 atom stereocenters. The van der Waals surface area contributed by atoms with Crippen molar-refractivity contribution in [3.05, 3.63) is 64.4 Å². The van der Waals surface area contributed by atoms with Gasteiger partial charge in [0.1, 0.15) is 11.6 Å². The first-order chi connectivity index (χ1) is 10.5. The van der Waals surface area contributed by atoms with Gasteiger partial charge in [0, 0.05) is 6.54 Å². The minimum atomic E-state index is -0.887. The maximum absolute atomic E-state index is 13.3. The molecule has 1 amide bonds. The predicted molar refractivity (Wildman–Crippen MR) is 81.7 cm³/mol. The smallest absolute Gasteiger partial charge is 0.253 e. The predicted octanol–water partition coefficient (Wildman–Crippen LogP) is 2.95. The minimum absolute atomic E-state index is 0.0159. The van der Waals surface area contributed by atoms with Gasteiger partial charge >= 0.3 is 0 Å². The first-order valence-corrected chi connectivity index (χ1v) is 6.95. The summed E-state index contributed by atoms with van der Waals surface area (Å²) in [5.41, 5.74) is 0.662. The maximum Gasteiger partial charge on any atom is 0.253 e. The second kappa shape index (κ2) is 7.24. The van der Waals surface area contributed by atoms with Crippen LogP contribution in [0.2, 0.25) is 5.02 Å². The Kier molecular flexibility index (Phi) is 5.35. The molecule has 0 aromatic heterocycles. The molecule has 0 radical (unpaired) electrons. The van der Waals surface area contributed by atoms with Gasteiger partial charge in [0.2, 0.25) is 0 Å². The second-order valence-electron chi connectivity index (χ2n) is 4.60. The molecular formula is C16H15ClFNO3. The summed E-state index contributed by atoms with van der Waals surface area (Å²) >= 11 is 5.74. The van der Waals surface area contributed by atoms with Gasteiger partial charge in [-0.3, -0.25) is 4.79 Å². The van der Waals surface area contributed by atoms with Crippen LogP contribution < -0.4 is 10.1 Å². The normalized spacial score (nSPS) is 11.8. The lowest BCUT2D eigenvalue weighted by Crippen LogP contribution is -2.28. The highest BCUT2D eigenvalue weighted by Gasteiger charge is 2.15. The van der Waals surface area contributed by atoms with E-state index in [1.54, 1.807) is 31.4 Å². The van der Waals surface area contributed by atoms with E-state index in [0.717, 1.165) is 0 Å². The number of halogens is 2. The first kappa shape index (κ1) is 16.3. The van der Waals surface area contributed by atoms with Crippen LogP contribution in [-0.2, 0) is 0 Å². The van der Waals surface area contributed by atoms with Gasteiger partial charge in [0.05, 0.1) is 23.8 Å². The number of aliphatic hydroxyl groups is 1. The lowest BCUT2D eigenvalue weighted by atomic mass is 10.1. The van der Waals surface area contributed by atoms with Gasteiger partial charge in [0.15, 0.2) is 0 Å². The fourth-order valence-corrected chi connectivity index (χ4v) is 2.12. The zero-order chi connectivity index (χ0) is 16.1. The van der Waals surface area contributed by atoms with Crippen LogP contribution in [0.5, 0.6) is 5.75 Å². The number of ether oxygens (including phenoxy) is 1. The van der Waals surface area contributed by atoms with Crippen molar-refractivity contribution in [3.63, 3.8) is 0 Å². The summed E-state index contributed by atoms with van der Waals surface area (Å²) in [4.78, 5) is 12.0. The van der Waals surface area contributed by atoms with Crippen LogP contribution in [0.1, 0.15) is 22.0 Å². The Hall–Kier alpha value is -2.11. The minimum Gasteiger partial charge on any atom is -0.497 e. The Bertz CT molecular complexity index is 661. The number of benzene rings is 2. The van der Waals surface area contributed by atoms with Gasteiger partial charge in [-0.05, 0) is 29.8 Å². The van der Waals surface area contributed by atoms with E-state index >= 15 is 0 Å². The third-order valence-electron chi connectivity index (χ3n) is 3.15. The van der Waals surface area contributed by atoms with Crippen LogP contribution >= 0.6 is 11.6 Å². The Balaban J connectivity index is 1.99. The molecule has 6 heteroatoms. The largest absolute Gasteiger partial charge is 0.497 e. The molecule has 1 unspecified atom stereocenters. The molecule has 2 rings (SSSR count). The molecule has 4 nitrogen and oxygen atoms in total. The molecule has 2 aromatic rings. The number of amides is 1. The molecule has 22 heavy (non-hydrogen) atoms. The van der Waals surface area contributed by atoms with Gasteiger partial charge in [0.25, 0.3) is 5.91 Å². The summed E-state index contributed by atoms with van der Waals surface area (Å²) in [6, 6.07) is 10.8. The molecule has 0 bridgehead atoms. The number of nitrogens with one attached hydrogen (secondary N) is 1. The summed E-state index contributed by atoms with van der Waals surface area (Å²) in [5.74, 6) is -0.534. The number of hydrogen-bond acceptors (Lipinski definition) is 3.